The zero-order valence-electron chi connectivity index (χ0n) is 14.1. The molecule has 0 aliphatic heterocycles. The number of methoxy groups -OCH3 is 1. The number of rotatable bonds is 9. The molecule has 0 aromatic carbocycles. The first-order valence-corrected chi connectivity index (χ1v) is 9.08. The molecule has 0 spiro atoms. The number of hydrogen-bond donors (Lipinski definition) is 1. The van der Waals surface area contributed by atoms with Crippen molar-refractivity contribution in [2.75, 3.05) is 40.4 Å². The molecular weight excluding hydrogens is 294 g/mol. The Bertz CT molecular complexity index is 454. The highest BCUT2D eigenvalue weighted by Crippen LogP contribution is 2.48. The van der Waals surface area contributed by atoms with Crippen LogP contribution in [0.2, 0.25) is 0 Å². The van der Waals surface area contributed by atoms with Gasteiger partial charge in [0.25, 0.3) is 0 Å². The quantitative estimate of drug-likeness (QED) is 0.561. The predicted octanol–water partition coefficient (Wildman–Crippen LogP) is 3.00. The first-order chi connectivity index (χ1) is 10.7. The van der Waals surface area contributed by atoms with Crippen LogP contribution >= 0.6 is 11.3 Å². The van der Waals surface area contributed by atoms with Crippen LogP contribution in [0.5, 0.6) is 0 Å². The van der Waals surface area contributed by atoms with Gasteiger partial charge in [-0.3, -0.25) is 4.99 Å². The smallest absolute Gasteiger partial charge is 0.193 e. The van der Waals surface area contributed by atoms with E-state index in [0.29, 0.717) is 5.41 Å². The first-order valence-electron chi connectivity index (χ1n) is 8.20. The van der Waals surface area contributed by atoms with Crippen LogP contribution in [0.3, 0.4) is 0 Å². The molecule has 1 saturated carbocycles. The molecule has 1 heterocycles. The number of nitrogens with zero attached hydrogens (tertiary/aromatic N) is 2. The third-order valence-corrected chi connectivity index (χ3v) is 5.26. The molecule has 2 rings (SSSR count). The van der Waals surface area contributed by atoms with E-state index >= 15 is 0 Å². The molecule has 1 aromatic heterocycles. The van der Waals surface area contributed by atoms with Gasteiger partial charge in [-0.05, 0) is 49.5 Å². The lowest BCUT2D eigenvalue weighted by Gasteiger charge is -2.23. The molecule has 0 unspecified atom stereocenters. The summed E-state index contributed by atoms with van der Waals surface area (Å²) < 4.78 is 5.23. The zero-order valence-corrected chi connectivity index (χ0v) is 14.9. The molecule has 124 valence electrons. The molecule has 1 aliphatic carbocycles. The number of hydrogen-bond acceptors (Lipinski definition) is 3. The summed E-state index contributed by atoms with van der Waals surface area (Å²) in [6.45, 7) is 5.80. The number of ether oxygens (including phenoxy) is 1. The molecule has 0 radical (unpaired) electrons. The van der Waals surface area contributed by atoms with Gasteiger partial charge < -0.3 is 15.0 Å². The van der Waals surface area contributed by atoms with Crippen LogP contribution in [-0.4, -0.2) is 51.3 Å². The van der Waals surface area contributed by atoms with Gasteiger partial charge >= 0.3 is 0 Å². The molecule has 4 nitrogen and oxygen atoms in total. The Labute approximate surface area is 138 Å². The number of thiophene rings is 1. The largest absolute Gasteiger partial charge is 0.385 e. The maximum atomic E-state index is 5.23. The Morgan fingerprint density at radius 2 is 2.32 bits per heavy atom. The van der Waals surface area contributed by atoms with Crippen molar-refractivity contribution in [3.05, 3.63) is 22.4 Å². The second-order valence-corrected chi connectivity index (χ2v) is 7.20. The maximum Gasteiger partial charge on any atom is 0.193 e. The summed E-state index contributed by atoms with van der Waals surface area (Å²) in [7, 11) is 3.91. The van der Waals surface area contributed by atoms with Crippen molar-refractivity contribution < 1.29 is 4.74 Å². The summed E-state index contributed by atoms with van der Waals surface area (Å²) in [5.41, 5.74) is 0.408. The van der Waals surface area contributed by atoms with E-state index in [9.17, 15) is 0 Å². The van der Waals surface area contributed by atoms with Gasteiger partial charge in [-0.1, -0.05) is 6.07 Å². The van der Waals surface area contributed by atoms with Gasteiger partial charge in [0.15, 0.2) is 5.96 Å². The van der Waals surface area contributed by atoms with Crippen molar-refractivity contribution >= 4 is 17.3 Å². The van der Waals surface area contributed by atoms with E-state index in [1.54, 1.807) is 7.11 Å². The molecular formula is C17H29N3OS. The fourth-order valence-corrected chi connectivity index (χ4v) is 3.23. The highest BCUT2D eigenvalue weighted by molar-refractivity contribution is 7.09. The monoisotopic (exact) mass is 323 g/mol. The molecule has 0 bridgehead atoms. The molecule has 0 amide bonds. The second kappa shape index (κ2) is 8.53. The number of likely N-dealkylation sites (N-methyl/N-ethyl adjacent to an activating group) is 1. The fraction of sp³-hybridized carbons (Fsp3) is 0.706. The minimum absolute atomic E-state index is 0.408. The van der Waals surface area contributed by atoms with Gasteiger partial charge in [0.2, 0.25) is 0 Å². The molecule has 1 aliphatic rings. The van der Waals surface area contributed by atoms with Crippen LogP contribution in [0.1, 0.15) is 31.1 Å². The topological polar surface area (TPSA) is 36.9 Å². The van der Waals surface area contributed by atoms with E-state index in [1.807, 2.05) is 11.3 Å². The van der Waals surface area contributed by atoms with Gasteiger partial charge in [-0.25, -0.2) is 0 Å². The van der Waals surface area contributed by atoms with Crippen molar-refractivity contribution in [3.63, 3.8) is 0 Å². The third kappa shape index (κ3) is 5.29. The number of nitrogens with one attached hydrogen (secondary N) is 1. The van der Waals surface area contributed by atoms with E-state index in [2.05, 4.69) is 41.7 Å². The van der Waals surface area contributed by atoms with Crippen molar-refractivity contribution in [1.82, 2.24) is 10.2 Å². The zero-order chi connectivity index (χ0) is 15.8. The fourth-order valence-electron chi connectivity index (χ4n) is 2.53. The summed E-state index contributed by atoms with van der Waals surface area (Å²) in [6.07, 6.45) is 4.79. The summed E-state index contributed by atoms with van der Waals surface area (Å²) in [5, 5.41) is 5.56. The van der Waals surface area contributed by atoms with Crippen LogP contribution < -0.4 is 5.32 Å². The standard InChI is InChI=1S/C17H29N3OS/c1-4-18-16(19-14-17(8-9-17)10-12-21-3)20(2)11-7-15-6-5-13-22-15/h5-6,13H,4,7-12,14H2,1-3H3,(H,18,19). The summed E-state index contributed by atoms with van der Waals surface area (Å²) >= 11 is 1.83. The summed E-state index contributed by atoms with van der Waals surface area (Å²) in [5.74, 6) is 1.03. The highest BCUT2D eigenvalue weighted by atomic mass is 32.1. The molecule has 5 heteroatoms. The van der Waals surface area contributed by atoms with Crippen LogP contribution in [0, 0.1) is 5.41 Å². The van der Waals surface area contributed by atoms with E-state index < -0.39 is 0 Å². The van der Waals surface area contributed by atoms with Crippen molar-refractivity contribution in [3.8, 4) is 0 Å². The van der Waals surface area contributed by atoms with Crippen LogP contribution in [0.15, 0.2) is 22.5 Å². The van der Waals surface area contributed by atoms with Gasteiger partial charge in [0.1, 0.15) is 0 Å². The lowest BCUT2D eigenvalue weighted by atomic mass is 10.0. The predicted molar refractivity (Wildman–Crippen MR) is 94.8 cm³/mol. The number of aliphatic imine (C=N–C) groups is 1. The van der Waals surface area contributed by atoms with Crippen molar-refractivity contribution in [2.24, 2.45) is 10.4 Å². The third-order valence-electron chi connectivity index (χ3n) is 4.33. The first kappa shape index (κ1) is 17.3. The molecule has 0 atom stereocenters. The Hall–Kier alpha value is -1.07. The Morgan fingerprint density at radius 1 is 1.50 bits per heavy atom. The average Bonchev–Trinajstić information content (AvgIpc) is 3.10. The minimum atomic E-state index is 0.408. The van der Waals surface area contributed by atoms with Crippen molar-refractivity contribution in [1.29, 1.82) is 0 Å². The van der Waals surface area contributed by atoms with Crippen LogP contribution in [0.4, 0.5) is 0 Å². The van der Waals surface area contributed by atoms with E-state index in [1.165, 1.54) is 17.7 Å². The van der Waals surface area contributed by atoms with E-state index in [0.717, 1.165) is 45.0 Å². The van der Waals surface area contributed by atoms with E-state index in [4.69, 9.17) is 9.73 Å². The molecule has 22 heavy (non-hydrogen) atoms. The molecule has 1 aromatic rings. The average molecular weight is 324 g/mol. The van der Waals surface area contributed by atoms with Gasteiger partial charge in [0.05, 0.1) is 0 Å². The van der Waals surface area contributed by atoms with Crippen LogP contribution in [-0.2, 0) is 11.2 Å². The van der Waals surface area contributed by atoms with Gasteiger partial charge in [-0.15, -0.1) is 11.3 Å². The van der Waals surface area contributed by atoms with Crippen molar-refractivity contribution in [2.45, 2.75) is 32.6 Å². The minimum Gasteiger partial charge on any atom is -0.385 e. The van der Waals surface area contributed by atoms with E-state index in [-0.39, 0.29) is 0 Å². The number of guanidine groups is 1. The highest BCUT2D eigenvalue weighted by Gasteiger charge is 2.41. The maximum absolute atomic E-state index is 5.23. The second-order valence-electron chi connectivity index (χ2n) is 6.16. The molecule has 1 fully saturated rings. The normalized spacial score (nSPS) is 16.6. The SMILES string of the molecule is CCNC(=NCC1(CCOC)CC1)N(C)CCc1cccs1. The molecule has 0 saturated heterocycles. The molecule has 1 N–H and O–H groups in total. The lowest BCUT2D eigenvalue weighted by Crippen LogP contribution is -2.40. The Balaban J connectivity index is 1.86. The Kier molecular flexibility index (Phi) is 6.70. The van der Waals surface area contributed by atoms with Crippen LogP contribution in [0.25, 0.3) is 0 Å². The summed E-state index contributed by atoms with van der Waals surface area (Å²) in [4.78, 5) is 8.56. The lowest BCUT2D eigenvalue weighted by molar-refractivity contribution is 0.174. The Morgan fingerprint density at radius 3 is 2.91 bits per heavy atom. The van der Waals surface area contributed by atoms with Gasteiger partial charge in [-0.2, -0.15) is 0 Å². The van der Waals surface area contributed by atoms with Gasteiger partial charge in [0, 0.05) is 45.3 Å². The summed E-state index contributed by atoms with van der Waals surface area (Å²) in [6, 6.07) is 4.32.